The van der Waals surface area contributed by atoms with E-state index < -0.39 is 36.4 Å². The summed E-state index contributed by atoms with van der Waals surface area (Å²) in [5.41, 5.74) is 0.385. The summed E-state index contributed by atoms with van der Waals surface area (Å²) in [6, 6.07) is 10.4. The second-order valence-corrected chi connectivity index (χ2v) is 7.80. The number of aromatic amines is 1. The number of furan rings is 1. The summed E-state index contributed by atoms with van der Waals surface area (Å²) in [5, 5.41) is 33.8. The van der Waals surface area contributed by atoms with E-state index in [4.69, 9.17) is 24.8 Å². The minimum absolute atomic E-state index is 0.218. The average Bonchev–Trinajstić information content (AvgIpc) is 3.41. The van der Waals surface area contributed by atoms with Crippen molar-refractivity contribution in [3.8, 4) is 0 Å². The Morgan fingerprint density at radius 2 is 1.66 bits per heavy atom. The molecular formula is C23H26FN3O8. The van der Waals surface area contributed by atoms with Crippen LogP contribution in [0.4, 0.5) is 4.39 Å². The van der Waals surface area contributed by atoms with Crippen LogP contribution in [0.5, 0.6) is 0 Å². The van der Waals surface area contributed by atoms with Crippen molar-refractivity contribution in [2.24, 2.45) is 0 Å². The molecule has 0 bridgehead atoms. The number of H-pyrrole nitrogens is 1. The Bertz CT molecular complexity index is 1100. The number of aliphatic hydroxyl groups is 1. The number of hydrogen-bond acceptors (Lipinski definition) is 7. The van der Waals surface area contributed by atoms with Gasteiger partial charge in [-0.05, 0) is 36.8 Å². The number of halogens is 1. The molecule has 0 saturated heterocycles. The van der Waals surface area contributed by atoms with Crippen LogP contribution in [0.3, 0.4) is 0 Å². The van der Waals surface area contributed by atoms with Gasteiger partial charge in [-0.3, -0.25) is 14.5 Å². The van der Waals surface area contributed by atoms with Crippen LogP contribution in [0.1, 0.15) is 35.6 Å². The molecule has 1 aromatic carbocycles. The Morgan fingerprint density at radius 3 is 2.11 bits per heavy atom. The van der Waals surface area contributed by atoms with Crippen LogP contribution >= 0.6 is 0 Å². The fourth-order valence-electron chi connectivity index (χ4n) is 3.11. The van der Waals surface area contributed by atoms with Crippen molar-refractivity contribution in [1.29, 1.82) is 0 Å². The van der Waals surface area contributed by atoms with Gasteiger partial charge >= 0.3 is 17.9 Å². The van der Waals surface area contributed by atoms with E-state index in [2.05, 4.69) is 14.9 Å². The maximum absolute atomic E-state index is 13.0. The van der Waals surface area contributed by atoms with E-state index in [9.17, 15) is 18.8 Å². The van der Waals surface area contributed by atoms with Crippen molar-refractivity contribution >= 4 is 17.9 Å². The van der Waals surface area contributed by atoms with Gasteiger partial charge in [0.25, 0.3) is 0 Å². The zero-order chi connectivity index (χ0) is 26.0. The third-order valence-corrected chi connectivity index (χ3v) is 4.87. The fraction of sp³-hybridized carbons (Fsp3) is 0.304. The van der Waals surface area contributed by atoms with Gasteiger partial charge in [-0.1, -0.05) is 12.1 Å². The van der Waals surface area contributed by atoms with Crippen molar-refractivity contribution in [3.05, 3.63) is 77.5 Å². The second-order valence-electron chi connectivity index (χ2n) is 7.80. The van der Waals surface area contributed by atoms with Crippen LogP contribution in [0.25, 0.3) is 0 Å². The molecule has 0 aliphatic rings. The number of carboxylic acid groups (broad SMARTS) is 3. The number of imidazole rings is 1. The van der Waals surface area contributed by atoms with E-state index in [0.717, 1.165) is 22.7 Å². The van der Waals surface area contributed by atoms with Gasteiger partial charge in [0, 0.05) is 18.8 Å². The second kappa shape index (κ2) is 12.4. The lowest BCUT2D eigenvalue weighted by Gasteiger charge is -2.20. The largest absolute Gasteiger partial charge is 0.481 e. The standard InChI is InChI=1S/C17H18FN3O.C6H8O7/c1-13-17(20-12-19-13)11-21(10-16-3-2-8-22-16)9-14-4-6-15(18)7-5-14;7-3(8)1-6(13,5(11)12)2-4(9)10/h2-8,12H,9-11H2,1H3,(H,19,20);13H,1-2H2,(H,7,8)(H,9,10)(H,11,12). The highest BCUT2D eigenvalue weighted by molar-refractivity contribution is 5.88. The SMILES string of the molecule is Cc1[nH]cnc1CN(Cc1ccc(F)cc1)Cc1ccco1.O=C(O)CC(O)(CC(=O)O)C(=O)O. The van der Waals surface area contributed by atoms with Gasteiger partial charge in [0.05, 0.1) is 37.7 Å². The fourth-order valence-corrected chi connectivity index (χ4v) is 3.11. The zero-order valence-electron chi connectivity index (χ0n) is 18.8. The molecule has 0 aliphatic carbocycles. The van der Waals surface area contributed by atoms with Gasteiger partial charge in [0.2, 0.25) is 0 Å². The van der Waals surface area contributed by atoms with E-state index in [-0.39, 0.29) is 5.82 Å². The molecule has 3 aromatic rings. The molecule has 5 N–H and O–H groups in total. The van der Waals surface area contributed by atoms with E-state index in [1.807, 2.05) is 31.2 Å². The first-order valence-electron chi connectivity index (χ1n) is 10.4. The molecule has 3 rings (SSSR count). The van der Waals surface area contributed by atoms with Crippen molar-refractivity contribution in [2.75, 3.05) is 0 Å². The summed E-state index contributed by atoms with van der Waals surface area (Å²) in [4.78, 5) is 40.1. The molecule has 0 fully saturated rings. The predicted octanol–water partition coefficient (Wildman–Crippen LogP) is 2.40. The molecule has 0 radical (unpaired) electrons. The van der Waals surface area contributed by atoms with Crippen molar-refractivity contribution < 1.29 is 43.6 Å². The number of nitrogens with one attached hydrogen (secondary N) is 1. The van der Waals surface area contributed by atoms with E-state index in [0.29, 0.717) is 19.6 Å². The number of aromatic nitrogens is 2. The monoisotopic (exact) mass is 491 g/mol. The van der Waals surface area contributed by atoms with E-state index in [1.54, 1.807) is 12.6 Å². The highest BCUT2D eigenvalue weighted by atomic mass is 19.1. The number of rotatable bonds is 11. The number of aliphatic carboxylic acids is 3. The van der Waals surface area contributed by atoms with Crippen LogP contribution in [0.15, 0.2) is 53.4 Å². The molecule has 0 atom stereocenters. The quantitative estimate of drug-likeness (QED) is 0.267. The van der Waals surface area contributed by atoms with Crippen LogP contribution in [0.2, 0.25) is 0 Å². The van der Waals surface area contributed by atoms with Crippen LogP contribution < -0.4 is 0 Å². The first kappa shape index (κ1) is 27.2. The molecule has 2 heterocycles. The smallest absolute Gasteiger partial charge is 0.336 e. The minimum Gasteiger partial charge on any atom is -0.481 e. The molecule has 0 saturated carbocycles. The normalized spacial score (nSPS) is 11.1. The van der Waals surface area contributed by atoms with Crippen molar-refractivity contribution in [1.82, 2.24) is 14.9 Å². The van der Waals surface area contributed by atoms with Crippen molar-refractivity contribution in [2.45, 2.75) is 45.0 Å². The average molecular weight is 491 g/mol. The molecule has 0 unspecified atom stereocenters. The summed E-state index contributed by atoms with van der Waals surface area (Å²) in [6.07, 6.45) is 1.09. The van der Waals surface area contributed by atoms with Gasteiger partial charge in [-0.2, -0.15) is 0 Å². The Labute approximate surface area is 199 Å². The van der Waals surface area contributed by atoms with Crippen LogP contribution in [0, 0.1) is 12.7 Å². The lowest BCUT2D eigenvalue weighted by molar-refractivity contribution is -0.170. The topological polar surface area (TPSA) is 177 Å². The number of hydrogen-bond donors (Lipinski definition) is 5. The Morgan fingerprint density at radius 1 is 1.03 bits per heavy atom. The van der Waals surface area contributed by atoms with Crippen LogP contribution in [-0.4, -0.2) is 58.8 Å². The predicted molar refractivity (Wildman–Crippen MR) is 118 cm³/mol. The molecule has 11 nitrogen and oxygen atoms in total. The van der Waals surface area contributed by atoms with Gasteiger partial charge in [-0.25, -0.2) is 14.2 Å². The lowest BCUT2D eigenvalue weighted by Crippen LogP contribution is -2.42. The molecule has 188 valence electrons. The third kappa shape index (κ3) is 9.02. The van der Waals surface area contributed by atoms with E-state index >= 15 is 0 Å². The summed E-state index contributed by atoms with van der Waals surface area (Å²) >= 11 is 0. The minimum atomic E-state index is -2.74. The molecule has 0 spiro atoms. The number of aryl methyl sites for hydroxylation is 1. The summed E-state index contributed by atoms with van der Waals surface area (Å²) in [6.45, 7) is 4.09. The van der Waals surface area contributed by atoms with Crippen molar-refractivity contribution in [3.63, 3.8) is 0 Å². The molecule has 2 aromatic heterocycles. The summed E-state index contributed by atoms with van der Waals surface area (Å²) in [7, 11) is 0. The number of carbonyl (C=O) groups is 3. The molecular weight excluding hydrogens is 465 g/mol. The van der Waals surface area contributed by atoms with Gasteiger partial charge in [-0.15, -0.1) is 0 Å². The highest BCUT2D eigenvalue weighted by Gasteiger charge is 2.40. The van der Waals surface area contributed by atoms with Gasteiger partial charge in [0.15, 0.2) is 5.60 Å². The summed E-state index contributed by atoms with van der Waals surface area (Å²) in [5.74, 6) is -4.34. The first-order chi connectivity index (χ1) is 16.5. The zero-order valence-corrected chi connectivity index (χ0v) is 18.8. The first-order valence-corrected chi connectivity index (χ1v) is 10.4. The Hall–Kier alpha value is -4.03. The number of carboxylic acids is 3. The molecule has 12 heteroatoms. The van der Waals surface area contributed by atoms with Crippen LogP contribution in [-0.2, 0) is 34.0 Å². The maximum atomic E-state index is 13.0. The third-order valence-electron chi connectivity index (χ3n) is 4.87. The highest BCUT2D eigenvalue weighted by Crippen LogP contribution is 2.16. The molecule has 0 amide bonds. The maximum Gasteiger partial charge on any atom is 0.336 e. The molecule has 0 aliphatic heterocycles. The molecule has 35 heavy (non-hydrogen) atoms. The summed E-state index contributed by atoms with van der Waals surface area (Å²) < 4.78 is 18.5. The van der Waals surface area contributed by atoms with Gasteiger partial charge < -0.3 is 29.8 Å². The Balaban J connectivity index is 0.000000287. The number of nitrogens with zero attached hydrogens (tertiary/aromatic N) is 2. The van der Waals surface area contributed by atoms with Gasteiger partial charge in [0.1, 0.15) is 11.6 Å². The van der Waals surface area contributed by atoms with E-state index in [1.165, 1.54) is 12.1 Å². The number of benzene rings is 1. The Kier molecular flexibility index (Phi) is 9.67. The lowest BCUT2D eigenvalue weighted by atomic mass is 9.96.